The Kier molecular flexibility index (Phi) is 15.2. The van der Waals surface area contributed by atoms with Gasteiger partial charge in [-0.3, -0.25) is 4.48 Å². The Morgan fingerprint density at radius 1 is 0.219 bits per heavy atom. The molecule has 0 aliphatic heterocycles. The summed E-state index contributed by atoms with van der Waals surface area (Å²) in [6.45, 7) is 2.86. The summed E-state index contributed by atoms with van der Waals surface area (Å²) in [6, 6.07) is 43.5. The first-order valence-electron chi connectivity index (χ1n) is 20.8. The Hall–Kier alpha value is -7.62. The summed E-state index contributed by atoms with van der Waals surface area (Å²) in [7, 11) is 0. The monoisotopic (exact) mass is 1040 g/mol. The zero-order valence-electron chi connectivity index (χ0n) is 36.3. The second-order valence-corrected chi connectivity index (χ2v) is 16.2. The lowest BCUT2D eigenvalue weighted by atomic mass is 9.12. The van der Waals surface area contributed by atoms with Crippen molar-refractivity contribution < 1.29 is 87.8 Å². The Balaban J connectivity index is 0.000000237. The van der Waals surface area contributed by atoms with Gasteiger partial charge in [-0.2, -0.15) is 0 Å². The number of benzene rings is 8. The van der Waals surface area contributed by atoms with Gasteiger partial charge in [-0.25, -0.2) is 87.8 Å². The summed E-state index contributed by atoms with van der Waals surface area (Å²) in [5.41, 5.74) is -8.90. The van der Waals surface area contributed by atoms with Crippen molar-refractivity contribution in [1.82, 2.24) is 4.48 Å². The van der Waals surface area contributed by atoms with Crippen LogP contribution in [-0.4, -0.2) is 6.15 Å². The molecule has 0 saturated carbocycles. The van der Waals surface area contributed by atoms with E-state index in [0.29, 0.717) is 0 Å². The number of hydrogen-bond donors (Lipinski definition) is 0. The van der Waals surface area contributed by atoms with Crippen molar-refractivity contribution in [3.63, 3.8) is 0 Å². The van der Waals surface area contributed by atoms with Crippen molar-refractivity contribution >= 4 is 33.7 Å². The van der Waals surface area contributed by atoms with Gasteiger partial charge >= 0.3 is 0 Å². The van der Waals surface area contributed by atoms with Gasteiger partial charge in [0.05, 0.1) is 0 Å². The summed E-state index contributed by atoms with van der Waals surface area (Å²) < 4.78 is 295. The number of rotatable bonds is 11. The minimum absolute atomic E-state index is 0.860. The highest BCUT2D eigenvalue weighted by Crippen LogP contribution is 2.34. The van der Waals surface area contributed by atoms with Crippen LogP contribution < -0.4 is 26.3 Å². The molecule has 8 aromatic rings. The molecule has 0 saturated heterocycles. The van der Waals surface area contributed by atoms with E-state index in [2.05, 4.69) is 121 Å². The first-order valence-corrected chi connectivity index (χ1v) is 20.8. The molecule has 0 fully saturated rings. The van der Waals surface area contributed by atoms with Gasteiger partial charge in [-0.05, 0) is 12.1 Å². The number of halogens is 20. The summed E-state index contributed by atoms with van der Waals surface area (Å²) >= 11 is 0. The third-order valence-electron chi connectivity index (χ3n) is 12.0. The van der Waals surface area contributed by atoms with E-state index in [0.717, 1.165) is 24.1 Å². The smallest absolute Gasteiger partial charge is 0.200 e. The third kappa shape index (κ3) is 9.16. The molecule has 0 atom stereocenters. The van der Waals surface area contributed by atoms with E-state index in [-0.39, 0.29) is 0 Å². The van der Waals surface area contributed by atoms with Crippen molar-refractivity contribution in [3.05, 3.63) is 254 Å². The van der Waals surface area contributed by atoms with Gasteiger partial charge in [0.2, 0.25) is 0 Å². The van der Waals surface area contributed by atoms with Crippen LogP contribution in [0, 0.1) is 116 Å². The molecule has 0 aromatic heterocycles. The summed E-state index contributed by atoms with van der Waals surface area (Å²) in [6.07, 6.45) is -7.22. The fourth-order valence-electron chi connectivity index (χ4n) is 8.86. The highest BCUT2D eigenvalue weighted by Gasteiger charge is 2.52. The Labute approximate surface area is 399 Å². The molecule has 0 radical (unpaired) electrons. The molecule has 0 heterocycles. The molecule has 378 valence electrons. The molecule has 22 heteroatoms. The van der Waals surface area contributed by atoms with Crippen molar-refractivity contribution in [2.45, 2.75) is 19.6 Å². The van der Waals surface area contributed by atoms with E-state index in [9.17, 15) is 52.7 Å². The quantitative estimate of drug-likeness (QED) is 0.0398. The maximum atomic E-state index is 15.4. The van der Waals surface area contributed by atoms with Crippen molar-refractivity contribution in [2.75, 3.05) is 0 Å². The summed E-state index contributed by atoms with van der Waals surface area (Å²) in [5.74, 6) is -71.4. The second-order valence-electron chi connectivity index (χ2n) is 16.2. The van der Waals surface area contributed by atoms with Crippen LogP contribution in [0.5, 0.6) is 0 Å². The molecule has 1 nitrogen and oxygen atoms in total. The highest BCUT2D eigenvalue weighted by molar-refractivity contribution is 7.20. The van der Waals surface area contributed by atoms with Crippen LogP contribution in [0.25, 0.3) is 0 Å². The van der Waals surface area contributed by atoms with E-state index >= 15 is 35.1 Å². The first kappa shape index (κ1) is 53.2. The summed E-state index contributed by atoms with van der Waals surface area (Å²) in [5, 5.41) is 0. The van der Waals surface area contributed by atoms with Gasteiger partial charge in [0.1, 0.15) is 78.0 Å². The highest BCUT2D eigenvalue weighted by atomic mass is 19.2. The zero-order chi connectivity index (χ0) is 53.4. The third-order valence-corrected chi connectivity index (χ3v) is 12.0. The summed E-state index contributed by atoms with van der Waals surface area (Å²) in [4.78, 5) is 0. The SMILES string of the molecule is Fc1c(F)c(F)c([B-](c2c(F)c(F)c(F)c(F)c2F)(c2c(F)c(F)c(F)c(F)c2F)c2c(F)c(F)c(F)c(F)c2F)c(F)c1F.c1ccc(C[N+](Cc2ccccc2)(Cc2ccccc2)c2ccccc2)cc1. The molecule has 0 spiro atoms. The lowest BCUT2D eigenvalue weighted by molar-refractivity contribution is 0.246. The van der Waals surface area contributed by atoms with Gasteiger partial charge in [-0.15, -0.1) is 21.9 Å². The Morgan fingerprint density at radius 2 is 0.384 bits per heavy atom. The molecule has 73 heavy (non-hydrogen) atoms. The normalized spacial score (nSPS) is 11.7. The maximum Gasteiger partial charge on any atom is 0.200 e. The lowest BCUT2D eigenvalue weighted by Gasteiger charge is -2.44. The number of hydrogen-bond acceptors (Lipinski definition) is 0. The topological polar surface area (TPSA) is 0 Å². The van der Waals surface area contributed by atoms with Crippen molar-refractivity contribution in [2.24, 2.45) is 0 Å². The molecule has 0 aliphatic carbocycles. The van der Waals surface area contributed by atoms with Crippen LogP contribution in [0.1, 0.15) is 16.7 Å². The molecule has 0 amide bonds. The van der Waals surface area contributed by atoms with E-state index in [1.165, 1.54) is 22.4 Å². The van der Waals surface area contributed by atoms with Crippen LogP contribution in [0.4, 0.5) is 93.5 Å². The molecule has 0 unspecified atom stereocenters. The largest absolute Gasteiger partial charge is 0.280 e. The van der Waals surface area contributed by atoms with E-state index in [4.69, 9.17) is 0 Å². The van der Waals surface area contributed by atoms with E-state index < -0.39 is 144 Å². The van der Waals surface area contributed by atoms with E-state index in [1.54, 1.807) is 0 Å². The predicted molar refractivity (Wildman–Crippen MR) is 228 cm³/mol. The average Bonchev–Trinajstić information content (AvgIpc) is 3.39. The molecule has 0 bridgehead atoms. The van der Waals surface area contributed by atoms with Gasteiger partial charge < -0.3 is 0 Å². The van der Waals surface area contributed by atoms with Crippen LogP contribution >= 0.6 is 0 Å². The van der Waals surface area contributed by atoms with Crippen molar-refractivity contribution in [1.29, 1.82) is 0 Å². The molecule has 8 rings (SSSR count). The van der Waals surface area contributed by atoms with Crippen LogP contribution in [0.2, 0.25) is 0 Å². The van der Waals surface area contributed by atoms with Gasteiger partial charge in [0.15, 0.2) is 69.8 Å². The van der Waals surface area contributed by atoms with Crippen LogP contribution in [-0.2, 0) is 19.6 Å². The average molecular weight is 1040 g/mol. The maximum absolute atomic E-state index is 15.4. The van der Waals surface area contributed by atoms with Crippen molar-refractivity contribution in [3.8, 4) is 0 Å². The fraction of sp³-hybridized carbons (Fsp3) is 0.0588. The van der Waals surface area contributed by atoms with Crippen LogP contribution in [0.3, 0.4) is 0 Å². The standard InChI is InChI=1S/C27H26N.C24BF20/c1-5-13-24(14-6-1)21-28(27-19-11-4-12-20-27,22-25-15-7-2-8-16-25)23-26-17-9-3-10-18-26;26-5-1(6(27)14(35)21(42)13(5)34)25(2-7(28)15(36)22(43)16(37)8(2)29,3-9(30)17(38)23(44)18(39)10(3)31)4-11(32)19(40)24(45)20(41)12(4)33/h1-20H,21-23H2;/q+1;-1. The number of quaternary nitrogens is 1. The van der Waals surface area contributed by atoms with E-state index in [1.807, 2.05) is 0 Å². The van der Waals surface area contributed by atoms with Gasteiger partial charge in [0.25, 0.3) is 0 Å². The van der Waals surface area contributed by atoms with Crippen LogP contribution in [0.15, 0.2) is 121 Å². The molecular formula is C51H26BF20N. The van der Waals surface area contributed by atoms with Gasteiger partial charge in [0, 0.05) is 16.7 Å². The minimum Gasteiger partial charge on any atom is -0.280 e. The molecule has 8 aromatic carbocycles. The lowest BCUT2D eigenvalue weighted by Crippen LogP contribution is -2.81. The number of para-hydroxylation sites is 1. The molecular weight excluding hydrogens is 1020 g/mol. The zero-order valence-corrected chi connectivity index (χ0v) is 36.3. The molecule has 0 aliphatic rings. The Bertz CT molecular complexity index is 2880. The Morgan fingerprint density at radius 3 is 0.575 bits per heavy atom. The minimum atomic E-state index is -7.22. The first-order chi connectivity index (χ1) is 34.5. The fourth-order valence-corrected chi connectivity index (χ4v) is 8.86. The van der Waals surface area contributed by atoms with Gasteiger partial charge in [-0.1, -0.05) is 109 Å². The second kappa shape index (κ2) is 20.8. The predicted octanol–water partition coefficient (Wildman–Crippen LogP) is 12.4. The molecule has 0 N–H and O–H groups in total. The number of nitrogens with zero attached hydrogens (tertiary/aromatic N) is 1.